The zero-order valence-electron chi connectivity index (χ0n) is 17.8. The maximum absolute atomic E-state index is 4.86. The number of nitrogens with one attached hydrogen (secondary N) is 1. The number of benzene rings is 1. The van der Waals surface area contributed by atoms with Gasteiger partial charge in [-0.05, 0) is 30.9 Å². The number of piperazine rings is 1. The van der Waals surface area contributed by atoms with Gasteiger partial charge in [0.1, 0.15) is 0 Å². The predicted molar refractivity (Wildman–Crippen MR) is 121 cm³/mol. The molecule has 2 aromatic rings. The van der Waals surface area contributed by atoms with E-state index in [1.807, 2.05) is 17.9 Å². The fraction of sp³-hybridized carbons (Fsp3) is 0.478. The maximum atomic E-state index is 4.86. The lowest BCUT2D eigenvalue weighted by Gasteiger charge is -2.36. The topological polar surface area (TPSA) is 48.7 Å². The van der Waals surface area contributed by atoms with Crippen molar-refractivity contribution >= 4 is 12.0 Å². The highest BCUT2D eigenvalue weighted by Gasteiger charge is 2.18. The summed E-state index contributed by atoms with van der Waals surface area (Å²) < 4.78 is 1.86. The number of aromatic nitrogens is 2. The Balaban J connectivity index is 1.41. The Morgan fingerprint density at radius 3 is 2.66 bits per heavy atom. The molecular weight excluding hydrogens is 360 g/mol. The largest absolute Gasteiger partial charge is 0.357 e. The molecule has 0 bridgehead atoms. The Bertz CT molecular complexity index is 772. The quantitative estimate of drug-likeness (QED) is 0.425. The van der Waals surface area contributed by atoms with Crippen molar-refractivity contribution in [2.45, 2.75) is 19.8 Å². The van der Waals surface area contributed by atoms with E-state index in [1.165, 1.54) is 11.1 Å². The van der Waals surface area contributed by atoms with Crippen LogP contribution in [0.4, 0.5) is 0 Å². The first kappa shape index (κ1) is 21.1. The molecule has 0 saturated carbocycles. The van der Waals surface area contributed by atoms with Crippen molar-refractivity contribution in [3.8, 4) is 0 Å². The van der Waals surface area contributed by atoms with E-state index in [1.54, 1.807) is 0 Å². The first-order valence-corrected chi connectivity index (χ1v) is 10.7. The summed E-state index contributed by atoms with van der Waals surface area (Å²) in [6, 6.07) is 10.5. The van der Waals surface area contributed by atoms with Crippen molar-refractivity contribution in [3.63, 3.8) is 0 Å². The van der Waals surface area contributed by atoms with Crippen LogP contribution in [0.15, 0.2) is 53.8 Å². The molecule has 1 N–H and O–H groups in total. The van der Waals surface area contributed by atoms with Crippen molar-refractivity contribution in [2.75, 3.05) is 45.8 Å². The second kappa shape index (κ2) is 11.4. The van der Waals surface area contributed by atoms with Crippen LogP contribution in [0.5, 0.6) is 0 Å². The minimum Gasteiger partial charge on any atom is -0.357 e. The van der Waals surface area contributed by atoms with E-state index >= 15 is 0 Å². The lowest BCUT2D eigenvalue weighted by atomic mass is 10.2. The van der Waals surface area contributed by atoms with Crippen LogP contribution in [-0.2, 0) is 13.5 Å². The fourth-order valence-electron chi connectivity index (χ4n) is 3.54. The van der Waals surface area contributed by atoms with Gasteiger partial charge in [0.25, 0.3) is 0 Å². The minimum atomic E-state index is 0.844. The lowest BCUT2D eigenvalue weighted by Crippen LogP contribution is -2.52. The summed E-state index contributed by atoms with van der Waals surface area (Å²) in [5.41, 5.74) is 2.55. The second-order valence-electron chi connectivity index (χ2n) is 7.46. The van der Waals surface area contributed by atoms with Gasteiger partial charge in [0.2, 0.25) is 0 Å². The lowest BCUT2D eigenvalue weighted by molar-refractivity contribution is 0.194. The van der Waals surface area contributed by atoms with Crippen LogP contribution >= 0.6 is 0 Å². The van der Waals surface area contributed by atoms with Gasteiger partial charge in [-0.1, -0.05) is 42.5 Å². The van der Waals surface area contributed by atoms with Crippen LogP contribution in [0.25, 0.3) is 6.08 Å². The molecular formula is C23H34N6. The first-order valence-electron chi connectivity index (χ1n) is 10.7. The van der Waals surface area contributed by atoms with Crippen molar-refractivity contribution < 1.29 is 0 Å². The molecule has 2 heterocycles. The SMILES string of the molecule is CCNC(=NCCCc1cnn(C)c1)N1CCN(CC=Cc2ccccc2)CC1. The highest BCUT2D eigenvalue weighted by molar-refractivity contribution is 5.80. The van der Waals surface area contributed by atoms with Crippen molar-refractivity contribution in [1.82, 2.24) is 24.9 Å². The summed E-state index contributed by atoms with van der Waals surface area (Å²) in [6.07, 6.45) is 10.6. The zero-order valence-corrected chi connectivity index (χ0v) is 17.8. The molecule has 1 fully saturated rings. The molecule has 0 aliphatic carbocycles. The normalized spacial score (nSPS) is 15.9. The summed E-state index contributed by atoms with van der Waals surface area (Å²) >= 11 is 0. The summed E-state index contributed by atoms with van der Waals surface area (Å²) in [5, 5.41) is 7.69. The summed E-state index contributed by atoms with van der Waals surface area (Å²) in [6.45, 7) is 9.07. The van der Waals surface area contributed by atoms with E-state index in [4.69, 9.17) is 4.99 Å². The van der Waals surface area contributed by atoms with Crippen LogP contribution in [-0.4, -0.2) is 71.4 Å². The molecule has 6 nitrogen and oxygen atoms in total. The van der Waals surface area contributed by atoms with Crippen LogP contribution in [0.3, 0.4) is 0 Å². The van der Waals surface area contributed by atoms with Gasteiger partial charge in [-0.25, -0.2) is 0 Å². The molecule has 0 radical (unpaired) electrons. The maximum Gasteiger partial charge on any atom is 0.194 e. The van der Waals surface area contributed by atoms with Crippen LogP contribution in [0.1, 0.15) is 24.5 Å². The molecule has 1 aliphatic rings. The molecule has 156 valence electrons. The number of guanidine groups is 1. The number of aryl methyl sites for hydroxylation is 2. The van der Waals surface area contributed by atoms with Crippen molar-refractivity contribution in [1.29, 1.82) is 0 Å². The molecule has 1 aliphatic heterocycles. The average molecular weight is 395 g/mol. The molecule has 29 heavy (non-hydrogen) atoms. The van der Waals surface area contributed by atoms with E-state index in [0.717, 1.165) is 64.6 Å². The molecule has 0 atom stereocenters. The molecule has 0 spiro atoms. The van der Waals surface area contributed by atoms with Gasteiger partial charge in [0, 0.05) is 59.1 Å². The van der Waals surface area contributed by atoms with Gasteiger partial charge in [-0.15, -0.1) is 0 Å². The molecule has 0 unspecified atom stereocenters. The Morgan fingerprint density at radius 1 is 1.17 bits per heavy atom. The number of nitrogens with zero attached hydrogens (tertiary/aromatic N) is 5. The Kier molecular flexibility index (Phi) is 8.31. The summed E-state index contributed by atoms with van der Waals surface area (Å²) in [5.74, 6) is 1.05. The van der Waals surface area contributed by atoms with Gasteiger partial charge >= 0.3 is 0 Å². The highest BCUT2D eigenvalue weighted by atomic mass is 15.3. The molecule has 0 amide bonds. The Morgan fingerprint density at radius 2 is 1.97 bits per heavy atom. The van der Waals surface area contributed by atoms with Crippen molar-refractivity contribution in [2.24, 2.45) is 12.0 Å². The highest BCUT2D eigenvalue weighted by Crippen LogP contribution is 2.06. The molecule has 3 rings (SSSR count). The molecule has 6 heteroatoms. The third-order valence-corrected chi connectivity index (χ3v) is 5.12. The third kappa shape index (κ3) is 7.06. The smallest absolute Gasteiger partial charge is 0.194 e. The zero-order chi connectivity index (χ0) is 20.3. The number of aliphatic imine (C=N–C) groups is 1. The van der Waals surface area contributed by atoms with Gasteiger partial charge in [-0.2, -0.15) is 5.10 Å². The van der Waals surface area contributed by atoms with Crippen LogP contribution in [0.2, 0.25) is 0 Å². The number of rotatable bonds is 8. The van der Waals surface area contributed by atoms with Gasteiger partial charge in [-0.3, -0.25) is 14.6 Å². The van der Waals surface area contributed by atoms with Gasteiger partial charge < -0.3 is 10.2 Å². The van der Waals surface area contributed by atoms with E-state index in [9.17, 15) is 0 Å². The molecule has 1 saturated heterocycles. The first-order chi connectivity index (χ1) is 14.2. The van der Waals surface area contributed by atoms with Gasteiger partial charge in [0.05, 0.1) is 6.20 Å². The minimum absolute atomic E-state index is 0.844. The summed E-state index contributed by atoms with van der Waals surface area (Å²) in [4.78, 5) is 9.75. The average Bonchev–Trinajstić information content (AvgIpc) is 3.17. The van der Waals surface area contributed by atoms with Gasteiger partial charge in [0.15, 0.2) is 5.96 Å². The van der Waals surface area contributed by atoms with E-state index in [0.29, 0.717) is 0 Å². The molecule has 1 aromatic carbocycles. The fourth-order valence-corrected chi connectivity index (χ4v) is 3.54. The predicted octanol–water partition coefficient (Wildman–Crippen LogP) is 2.65. The van der Waals surface area contributed by atoms with E-state index in [2.05, 4.69) is 75.8 Å². The number of hydrogen-bond acceptors (Lipinski definition) is 3. The van der Waals surface area contributed by atoms with E-state index < -0.39 is 0 Å². The molecule has 1 aromatic heterocycles. The van der Waals surface area contributed by atoms with Crippen LogP contribution in [0, 0.1) is 0 Å². The third-order valence-electron chi connectivity index (χ3n) is 5.12. The van der Waals surface area contributed by atoms with Crippen molar-refractivity contribution in [3.05, 3.63) is 59.9 Å². The van der Waals surface area contributed by atoms with Crippen LogP contribution < -0.4 is 5.32 Å². The Hall–Kier alpha value is -2.60. The monoisotopic (exact) mass is 394 g/mol. The second-order valence-corrected chi connectivity index (χ2v) is 7.46. The number of hydrogen-bond donors (Lipinski definition) is 1. The standard InChI is InChI=1S/C23H34N6/c1-3-24-23(25-13-7-11-22-19-26-27(2)20-22)29-17-15-28(16-18-29)14-8-12-21-9-5-4-6-10-21/h4-6,8-10,12,19-20H,3,7,11,13-18H2,1-2H3,(H,24,25). The summed E-state index contributed by atoms with van der Waals surface area (Å²) in [7, 11) is 1.96. The van der Waals surface area contributed by atoms with E-state index in [-0.39, 0.29) is 0 Å². The Labute approximate surface area is 174 Å².